The molecule has 16 heavy (non-hydrogen) atoms. The molecule has 0 unspecified atom stereocenters. The quantitative estimate of drug-likeness (QED) is 0.861. The number of nitrogens with one attached hydrogen (secondary N) is 1. The van der Waals surface area contributed by atoms with Crippen LogP contribution in [0.2, 0.25) is 0 Å². The highest BCUT2D eigenvalue weighted by Crippen LogP contribution is 2.18. The van der Waals surface area contributed by atoms with Gasteiger partial charge < -0.3 is 5.32 Å². The van der Waals surface area contributed by atoms with E-state index in [1.54, 1.807) is 0 Å². The van der Waals surface area contributed by atoms with Gasteiger partial charge in [-0.05, 0) is 18.9 Å². The Kier molecular flexibility index (Phi) is 3.17. The molecule has 0 aliphatic heterocycles. The average Bonchev–Trinajstić information content (AvgIpc) is 2.86. The molecular formula is C10H13F2N3O. The molecule has 0 aromatic carbocycles. The van der Waals surface area contributed by atoms with Crippen LogP contribution in [-0.2, 0) is 0 Å². The zero-order chi connectivity index (χ0) is 11.5. The first-order valence-corrected chi connectivity index (χ1v) is 5.31. The molecule has 0 spiro atoms. The molecule has 6 heteroatoms. The molecule has 88 valence electrons. The van der Waals surface area contributed by atoms with Gasteiger partial charge >= 0.3 is 6.55 Å². The second-order valence-electron chi connectivity index (χ2n) is 3.91. The van der Waals surface area contributed by atoms with Crippen molar-refractivity contribution in [2.75, 3.05) is 0 Å². The minimum Gasteiger partial charge on any atom is -0.348 e. The Labute approximate surface area is 91.6 Å². The lowest BCUT2D eigenvalue weighted by molar-refractivity contribution is 0.0559. The molecule has 0 bridgehead atoms. The van der Waals surface area contributed by atoms with Gasteiger partial charge in [-0.25, -0.2) is 4.68 Å². The van der Waals surface area contributed by atoms with E-state index in [1.807, 2.05) is 0 Å². The summed E-state index contributed by atoms with van der Waals surface area (Å²) in [7, 11) is 0. The van der Waals surface area contributed by atoms with Crippen molar-refractivity contribution in [3.63, 3.8) is 0 Å². The number of nitrogens with zero attached hydrogens (tertiary/aromatic N) is 2. The zero-order valence-electron chi connectivity index (χ0n) is 8.70. The van der Waals surface area contributed by atoms with E-state index in [1.165, 1.54) is 6.07 Å². The molecule has 1 saturated carbocycles. The van der Waals surface area contributed by atoms with Crippen LogP contribution in [0.1, 0.15) is 42.7 Å². The number of hydrogen-bond donors (Lipinski definition) is 1. The van der Waals surface area contributed by atoms with Crippen LogP contribution >= 0.6 is 0 Å². The predicted molar refractivity (Wildman–Crippen MR) is 53.2 cm³/mol. The molecule has 0 radical (unpaired) electrons. The fraction of sp³-hybridized carbons (Fsp3) is 0.600. The van der Waals surface area contributed by atoms with Crippen LogP contribution in [0.15, 0.2) is 12.3 Å². The summed E-state index contributed by atoms with van der Waals surface area (Å²) >= 11 is 0. The summed E-state index contributed by atoms with van der Waals surface area (Å²) in [6.07, 6.45) is 5.24. The van der Waals surface area contributed by atoms with Crippen molar-refractivity contribution in [3.05, 3.63) is 18.0 Å². The number of rotatable bonds is 3. The Bertz CT molecular complexity index is 372. The highest BCUT2D eigenvalue weighted by Gasteiger charge is 2.19. The summed E-state index contributed by atoms with van der Waals surface area (Å²) < 4.78 is 24.9. The summed E-state index contributed by atoms with van der Waals surface area (Å²) in [5, 5.41) is 6.29. The molecule has 1 aromatic rings. The van der Waals surface area contributed by atoms with E-state index in [2.05, 4.69) is 10.4 Å². The molecule has 1 fully saturated rings. The van der Waals surface area contributed by atoms with E-state index >= 15 is 0 Å². The molecule has 4 nitrogen and oxygen atoms in total. The molecule has 0 atom stereocenters. The highest BCUT2D eigenvalue weighted by atomic mass is 19.3. The number of alkyl halides is 2. The third kappa shape index (κ3) is 2.37. The van der Waals surface area contributed by atoms with Crippen LogP contribution in [0.3, 0.4) is 0 Å². The molecule has 1 N–H and O–H groups in total. The van der Waals surface area contributed by atoms with Gasteiger partial charge in [-0.2, -0.15) is 13.9 Å². The van der Waals surface area contributed by atoms with E-state index in [9.17, 15) is 13.6 Å². The van der Waals surface area contributed by atoms with Crippen molar-refractivity contribution in [1.82, 2.24) is 15.1 Å². The first-order valence-electron chi connectivity index (χ1n) is 5.31. The summed E-state index contributed by atoms with van der Waals surface area (Å²) in [5.41, 5.74) is 0.0483. The second-order valence-corrected chi connectivity index (χ2v) is 3.91. The lowest BCUT2D eigenvalue weighted by Gasteiger charge is -2.09. The number of carbonyl (C=O) groups is 1. The first-order chi connectivity index (χ1) is 7.66. The van der Waals surface area contributed by atoms with Gasteiger partial charge in [0.05, 0.1) is 0 Å². The lowest BCUT2D eigenvalue weighted by atomic mass is 10.2. The Morgan fingerprint density at radius 1 is 1.50 bits per heavy atom. The number of amides is 1. The summed E-state index contributed by atoms with van der Waals surface area (Å²) in [6.45, 7) is -2.70. The van der Waals surface area contributed by atoms with Crippen LogP contribution in [-0.4, -0.2) is 21.7 Å². The van der Waals surface area contributed by atoms with Gasteiger partial charge in [0, 0.05) is 12.2 Å². The Morgan fingerprint density at radius 2 is 2.19 bits per heavy atom. The largest absolute Gasteiger partial charge is 0.348 e. The summed E-state index contributed by atoms with van der Waals surface area (Å²) in [4.78, 5) is 11.6. The van der Waals surface area contributed by atoms with Gasteiger partial charge in [-0.3, -0.25) is 4.79 Å². The fourth-order valence-corrected chi connectivity index (χ4v) is 1.90. The average molecular weight is 229 g/mol. The van der Waals surface area contributed by atoms with Crippen LogP contribution in [0.5, 0.6) is 0 Å². The normalized spacial score (nSPS) is 16.9. The molecule has 1 aromatic heterocycles. The monoisotopic (exact) mass is 229 g/mol. The Balaban J connectivity index is 1.97. The van der Waals surface area contributed by atoms with Crippen LogP contribution in [0.4, 0.5) is 8.78 Å². The predicted octanol–water partition coefficient (Wildman–Crippen LogP) is 1.95. The first kappa shape index (κ1) is 11.0. The molecule has 1 heterocycles. The van der Waals surface area contributed by atoms with Crippen molar-refractivity contribution < 1.29 is 13.6 Å². The zero-order valence-corrected chi connectivity index (χ0v) is 8.70. The minimum atomic E-state index is -2.70. The third-order valence-corrected chi connectivity index (χ3v) is 2.73. The number of aromatic nitrogens is 2. The third-order valence-electron chi connectivity index (χ3n) is 2.73. The van der Waals surface area contributed by atoms with Crippen molar-refractivity contribution in [3.8, 4) is 0 Å². The smallest absolute Gasteiger partial charge is 0.333 e. The van der Waals surface area contributed by atoms with E-state index in [0.29, 0.717) is 4.68 Å². The van der Waals surface area contributed by atoms with Crippen molar-refractivity contribution >= 4 is 5.91 Å². The lowest BCUT2D eigenvalue weighted by Crippen LogP contribution is -2.32. The summed E-state index contributed by atoms with van der Waals surface area (Å²) in [6, 6.07) is 1.47. The van der Waals surface area contributed by atoms with E-state index in [4.69, 9.17) is 0 Å². The van der Waals surface area contributed by atoms with Gasteiger partial charge in [0.2, 0.25) is 0 Å². The molecule has 1 aliphatic rings. The van der Waals surface area contributed by atoms with E-state index in [-0.39, 0.29) is 17.6 Å². The standard InChI is InChI=1S/C10H13F2N3O/c11-10(12)15-6-5-8(14-15)9(16)13-7-3-1-2-4-7/h5-7,10H,1-4H2,(H,13,16). The van der Waals surface area contributed by atoms with E-state index in [0.717, 1.165) is 31.9 Å². The molecule has 0 saturated heterocycles. The maximum absolute atomic E-state index is 12.2. The minimum absolute atomic E-state index is 0.0483. The van der Waals surface area contributed by atoms with Crippen molar-refractivity contribution in [1.29, 1.82) is 0 Å². The van der Waals surface area contributed by atoms with Crippen molar-refractivity contribution in [2.45, 2.75) is 38.3 Å². The highest BCUT2D eigenvalue weighted by molar-refractivity contribution is 5.92. The molecule has 2 rings (SSSR count). The van der Waals surface area contributed by atoms with Gasteiger partial charge in [0.25, 0.3) is 5.91 Å². The molecule has 1 amide bonds. The maximum atomic E-state index is 12.2. The summed E-state index contributed by atoms with van der Waals surface area (Å²) in [5.74, 6) is -0.369. The molecule has 1 aliphatic carbocycles. The Morgan fingerprint density at radius 3 is 2.75 bits per heavy atom. The number of halogens is 2. The second kappa shape index (κ2) is 4.59. The van der Waals surface area contributed by atoms with Gasteiger partial charge in [-0.1, -0.05) is 12.8 Å². The van der Waals surface area contributed by atoms with Gasteiger partial charge in [0.15, 0.2) is 0 Å². The molecular weight excluding hydrogens is 216 g/mol. The van der Waals surface area contributed by atoms with Crippen LogP contribution < -0.4 is 5.32 Å². The Hall–Kier alpha value is -1.46. The maximum Gasteiger partial charge on any atom is 0.333 e. The topological polar surface area (TPSA) is 46.9 Å². The number of hydrogen-bond acceptors (Lipinski definition) is 2. The SMILES string of the molecule is O=C(NC1CCCC1)c1ccn(C(F)F)n1. The van der Waals surface area contributed by atoms with Crippen LogP contribution in [0.25, 0.3) is 0 Å². The van der Waals surface area contributed by atoms with Crippen molar-refractivity contribution in [2.24, 2.45) is 0 Å². The fourth-order valence-electron chi connectivity index (χ4n) is 1.90. The van der Waals surface area contributed by atoms with Gasteiger partial charge in [-0.15, -0.1) is 0 Å². The van der Waals surface area contributed by atoms with Gasteiger partial charge in [0.1, 0.15) is 5.69 Å². The van der Waals surface area contributed by atoms with Crippen LogP contribution in [0, 0.1) is 0 Å². The number of carbonyl (C=O) groups excluding carboxylic acids is 1. The van der Waals surface area contributed by atoms with E-state index < -0.39 is 6.55 Å².